The fourth-order valence-electron chi connectivity index (χ4n) is 2.31. The molecule has 8 heteroatoms. The monoisotopic (exact) mass is 366 g/mol. The van der Waals surface area contributed by atoms with Gasteiger partial charge >= 0.3 is 5.97 Å². The van der Waals surface area contributed by atoms with E-state index in [4.69, 9.17) is 4.74 Å². The minimum Gasteiger partial charge on any atom is -0.460 e. The van der Waals surface area contributed by atoms with Crippen molar-refractivity contribution in [1.29, 1.82) is 0 Å². The van der Waals surface area contributed by atoms with E-state index in [-0.39, 0.29) is 11.3 Å². The summed E-state index contributed by atoms with van der Waals surface area (Å²) in [5.74, 6) is -1.23. The van der Waals surface area contributed by atoms with Crippen molar-refractivity contribution in [3.8, 4) is 0 Å². The molecule has 1 N–H and O–H groups in total. The molecule has 2 rings (SSSR count). The number of esters is 1. The summed E-state index contributed by atoms with van der Waals surface area (Å²) in [6.07, 6.45) is 2.10. The quantitative estimate of drug-likeness (QED) is 0.819. The Morgan fingerprint density at radius 1 is 1.24 bits per heavy atom. The predicted octanol–water partition coefficient (Wildman–Crippen LogP) is 1.69. The zero-order chi connectivity index (χ0) is 18.8. The van der Waals surface area contributed by atoms with Gasteiger partial charge in [0, 0.05) is 12.4 Å². The molecule has 136 valence electrons. The lowest BCUT2D eigenvalue weighted by Crippen LogP contribution is -2.50. The Hall–Kier alpha value is -2.35. The second kappa shape index (κ2) is 6.87. The minimum absolute atomic E-state index is 0.0478. The Morgan fingerprint density at radius 3 is 2.40 bits per heavy atom. The van der Waals surface area contributed by atoms with Crippen LogP contribution >= 0.6 is 0 Å². The molecule has 1 aromatic carbocycles. The average Bonchev–Trinajstić information content (AvgIpc) is 2.47. The van der Waals surface area contributed by atoms with Crippen molar-refractivity contribution < 1.29 is 22.7 Å². The number of benzene rings is 1. The molecule has 0 radical (unpaired) electrons. The highest BCUT2D eigenvalue weighted by atomic mass is 32.2. The van der Waals surface area contributed by atoms with Gasteiger partial charge in [0.05, 0.1) is 11.3 Å². The number of sulfonamides is 1. The molecule has 0 bridgehead atoms. The number of nitrogens with zero attached hydrogens (tertiary/aromatic N) is 1. The Bertz CT molecular complexity index is 791. The number of carbonyl (C=O) groups is 2. The summed E-state index contributed by atoms with van der Waals surface area (Å²) < 4.78 is 31.8. The van der Waals surface area contributed by atoms with Crippen molar-refractivity contribution >= 4 is 21.9 Å². The average molecular weight is 366 g/mol. The predicted molar refractivity (Wildman–Crippen MR) is 91.7 cm³/mol. The number of nitrogens with one attached hydrogen (secondary N) is 1. The molecule has 0 fully saturated rings. The van der Waals surface area contributed by atoms with Crippen LogP contribution in [0.2, 0.25) is 0 Å². The SMILES string of the molecule is Cc1ccc(S(=O)(=O)N2C=CNC(=O)C2CC(=O)OC(C)(C)C)cc1. The number of aryl methyl sites for hydroxylation is 1. The van der Waals surface area contributed by atoms with E-state index in [0.717, 1.165) is 9.87 Å². The standard InChI is InChI=1S/C17H22N2O5S/c1-12-5-7-13(8-6-12)25(22,23)19-10-9-18-16(21)14(19)11-15(20)24-17(2,3)4/h5-10,14H,11H2,1-4H3,(H,18,21). The first-order chi connectivity index (χ1) is 11.5. The van der Waals surface area contributed by atoms with Crippen molar-refractivity contribution in [2.45, 2.75) is 50.7 Å². The topological polar surface area (TPSA) is 92.8 Å². The summed E-state index contributed by atoms with van der Waals surface area (Å²) in [4.78, 5) is 24.3. The van der Waals surface area contributed by atoms with E-state index in [1.165, 1.54) is 24.5 Å². The van der Waals surface area contributed by atoms with E-state index in [2.05, 4.69) is 5.32 Å². The summed E-state index contributed by atoms with van der Waals surface area (Å²) in [5.41, 5.74) is 0.190. The molecule has 1 aliphatic heterocycles. The van der Waals surface area contributed by atoms with Crippen LogP contribution in [0.4, 0.5) is 0 Å². The molecule has 1 aliphatic rings. The molecule has 0 spiro atoms. The Morgan fingerprint density at radius 2 is 1.84 bits per heavy atom. The van der Waals surface area contributed by atoms with Gasteiger partial charge in [-0.05, 0) is 39.8 Å². The molecule has 1 aromatic rings. The van der Waals surface area contributed by atoms with Crippen LogP contribution in [0.25, 0.3) is 0 Å². The number of rotatable bonds is 4. The summed E-state index contributed by atoms with van der Waals surface area (Å²) in [6.45, 7) is 6.95. The number of hydrogen-bond donors (Lipinski definition) is 1. The van der Waals surface area contributed by atoms with Gasteiger partial charge in [-0.1, -0.05) is 17.7 Å². The van der Waals surface area contributed by atoms with Gasteiger partial charge in [0.1, 0.15) is 11.6 Å². The third-order valence-electron chi connectivity index (χ3n) is 3.43. The molecule has 1 amide bonds. The van der Waals surface area contributed by atoms with Gasteiger partial charge in [-0.15, -0.1) is 0 Å². The summed E-state index contributed by atoms with van der Waals surface area (Å²) in [5, 5.41) is 2.43. The summed E-state index contributed by atoms with van der Waals surface area (Å²) >= 11 is 0. The molecule has 0 aliphatic carbocycles. The Balaban J connectivity index is 2.31. The maximum atomic E-state index is 12.9. The largest absolute Gasteiger partial charge is 0.460 e. The molecule has 1 atom stereocenters. The van der Waals surface area contributed by atoms with E-state index < -0.39 is 33.5 Å². The van der Waals surface area contributed by atoms with Crippen LogP contribution in [0.15, 0.2) is 41.6 Å². The summed E-state index contributed by atoms with van der Waals surface area (Å²) in [7, 11) is -3.97. The van der Waals surface area contributed by atoms with E-state index >= 15 is 0 Å². The first-order valence-electron chi connectivity index (χ1n) is 7.80. The van der Waals surface area contributed by atoms with Gasteiger partial charge < -0.3 is 10.1 Å². The van der Waals surface area contributed by atoms with Crippen molar-refractivity contribution in [1.82, 2.24) is 9.62 Å². The van der Waals surface area contributed by atoms with Gasteiger partial charge in [-0.2, -0.15) is 0 Å². The molecule has 0 saturated heterocycles. The molecule has 1 unspecified atom stereocenters. The molecular weight excluding hydrogens is 344 g/mol. The van der Waals surface area contributed by atoms with Crippen LogP contribution in [0.3, 0.4) is 0 Å². The van der Waals surface area contributed by atoms with E-state index in [1.54, 1.807) is 32.9 Å². The molecule has 25 heavy (non-hydrogen) atoms. The van der Waals surface area contributed by atoms with Crippen LogP contribution in [0.5, 0.6) is 0 Å². The zero-order valence-corrected chi connectivity index (χ0v) is 15.5. The van der Waals surface area contributed by atoms with Crippen molar-refractivity contribution in [2.75, 3.05) is 0 Å². The van der Waals surface area contributed by atoms with Gasteiger partial charge in [0.15, 0.2) is 0 Å². The van der Waals surface area contributed by atoms with Crippen molar-refractivity contribution in [3.05, 3.63) is 42.2 Å². The first-order valence-corrected chi connectivity index (χ1v) is 9.24. The second-order valence-corrected chi connectivity index (χ2v) is 8.62. The van der Waals surface area contributed by atoms with Crippen LogP contribution in [-0.2, 0) is 24.3 Å². The molecule has 0 saturated carbocycles. The normalized spacial score (nSPS) is 18.0. The molecule has 0 aromatic heterocycles. The van der Waals surface area contributed by atoms with Crippen LogP contribution in [0.1, 0.15) is 32.8 Å². The third kappa shape index (κ3) is 4.60. The maximum absolute atomic E-state index is 12.9. The molecule has 1 heterocycles. The molecular formula is C17H22N2O5S. The summed E-state index contributed by atoms with van der Waals surface area (Å²) in [6, 6.07) is 5.07. The maximum Gasteiger partial charge on any atom is 0.308 e. The van der Waals surface area contributed by atoms with Crippen LogP contribution in [-0.4, -0.2) is 36.2 Å². The fourth-order valence-corrected chi connectivity index (χ4v) is 3.76. The first kappa shape index (κ1) is 19.0. The lowest BCUT2D eigenvalue weighted by molar-refractivity contribution is -0.157. The number of ether oxygens (including phenoxy) is 1. The van der Waals surface area contributed by atoms with Crippen molar-refractivity contribution in [3.63, 3.8) is 0 Å². The smallest absolute Gasteiger partial charge is 0.308 e. The fraction of sp³-hybridized carbons (Fsp3) is 0.412. The van der Waals surface area contributed by atoms with E-state index in [0.29, 0.717) is 0 Å². The highest BCUT2D eigenvalue weighted by molar-refractivity contribution is 7.89. The lowest BCUT2D eigenvalue weighted by atomic mass is 10.1. The Kier molecular flexibility index (Phi) is 5.22. The van der Waals surface area contributed by atoms with Gasteiger partial charge in [-0.3, -0.25) is 13.9 Å². The number of amides is 1. The number of carbonyl (C=O) groups excluding carboxylic acids is 2. The molecule has 7 nitrogen and oxygen atoms in total. The van der Waals surface area contributed by atoms with Gasteiger partial charge in [0.2, 0.25) is 5.91 Å². The van der Waals surface area contributed by atoms with Gasteiger partial charge in [0.25, 0.3) is 10.0 Å². The third-order valence-corrected chi connectivity index (χ3v) is 5.23. The van der Waals surface area contributed by atoms with Gasteiger partial charge in [-0.25, -0.2) is 8.42 Å². The van der Waals surface area contributed by atoms with Crippen LogP contribution < -0.4 is 5.32 Å². The second-order valence-electron chi connectivity index (χ2n) is 6.78. The zero-order valence-electron chi connectivity index (χ0n) is 14.6. The minimum atomic E-state index is -3.97. The van der Waals surface area contributed by atoms with E-state index in [1.807, 2.05) is 6.92 Å². The van der Waals surface area contributed by atoms with Crippen molar-refractivity contribution in [2.24, 2.45) is 0 Å². The highest BCUT2D eigenvalue weighted by Gasteiger charge is 2.37. The number of hydrogen-bond acceptors (Lipinski definition) is 5. The van der Waals surface area contributed by atoms with E-state index in [9.17, 15) is 18.0 Å². The Labute approximate surface area is 147 Å². The lowest BCUT2D eigenvalue weighted by Gasteiger charge is -2.31. The highest BCUT2D eigenvalue weighted by Crippen LogP contribution is 2.23. The van der Waals surface area contributed by atoms with Crippen LogP contribution in [0, 0.1) is 6.92 Å².